The molecule has 2 N–H and O–H groups in total. The van der Waals surface area contributed by atoms with Crippen molar-refractivity contribution in [1.29, 1.82) is 0 Å². The van der Waals surface area contributed by atoms with E-state index in [0.29, 0.717) is 30.0 Å². The number of fused-ring (bicyclic) bond motifs is 4. The molecule has 0 radical (unpaired) electrons. The number of pyridine rings is 1. The Morgan fingerprint density at radius 1 is 1.14 bits per heavy atom. The molecule has 2 fully saturated rings. The number of amides is 1. The average molecular weight is 475 g/mol. The molecular weight excluding hydrogens is 440 g/mol. The van der Waals surface area contributed by atoms with E-state index >= 15 is 0 Å². The van der Waals surface area contributed by atoms with Gasteiger partial charge in [0.25, 0.3) is 5.91 Å². The monoisotopic (exact) mass is 474 g/mol. The van der Waals surface area contributed by atoms with E-state index in [1.54, 1.807) is 0 Å². The molecule has 3 aromatic rings. The number of piperazine rings is 1. The van der Waals surface area contributed by atoms with Crippen LogP contribution < -0.4 is 15.5 Å². The van der Waals surface area contributed by atoms with Crippen LogP contribution in [0.15, 0.2) is 30.6 Å². The van der Waals surface area contributed by atoms with Gasteiger partial charge in [-0.3, -0.25) is 9.69 Å². The summed E-state index contributed by atoms with van der Waals surface area (Å²) in [5.41, 5.74) is 2.58. The van der Waals surface area contributed by atoms with Crippen LogP contribution in [0.1, 0.15) is 55.9 Å². The Kier molecular flexibility index (Phi) is 5.59. The molecule has 5 heterocycles. The van der Waals surface area contributed by atoms with Gasteiger partial charge in [0.1, 0.15) is 17.2 Å². The molecule has 3 aliphatic rings. The molecule has 9 heteroatoms. The molecule has 35 heavy (non-hydrogen) atoms. The van der Waals surface area contributed by atoms with Crippen molar-refractivity contribution in [2.75, 3.05) is 43.4 Å². The van der Waals surface area contributed by atoms with Gasteiger partial charge in [-0.05, 0) is 44.5 Å². The van der Waals surface area contributed by atoms with Crippen molar-refractivity contribution in [2.45, 2.75) is 57.0 Å². The first-order valence-corrected chi connectivity index (χ1v) is 12.9. The number of nitrogens with one attached hydrogen (secondary N) is 2. The summed E-state index contributed by atoms with van der Waals surface area (Å²) in [6, 6.07) is 6.61. The molecule has 184 valence electrons. The number of hydrogen-bond acceptors (Lipinski definition) is 7. The minimum atomic E-state index is -0.0897. The highest BCUT2D eigenvalue weighted by Gasteiger charge is 2.41. The lowest BCUT2D eigenvalue weighted by atomic mass is 9.80. The quantitative estimate of drug-likeness (QED) is 0.598. The van der Waals surface area contributed by atoms with Crippen molar-refractivity contribution in [3.8, 4) is 0 Å². The summed E-state index contributed by atoms with van der Waals surface area (Å²) in [7, 11) is 2.21. The van der Waals surface area contributed by atoms with Crippen LogP contribution in [0.3, 0.4) is 0 Å². The predicted molar refractivity (Wildman–Crippen MR) is 137 cm³/mol. The molecule has 1 atom stereocenters. The van der Waals surface area contributed by atoms with Crippen molar-refractivity contribution >= 4 is 34.4 Å². The maximum atomic E-state index is 12.7. The second-order valence-corrected chi connectivity index (χ2v) is 10.3. The van der Waals surface area contributed by atoms with Gasteiger partial charge in [-0.1, -0.05) is 26.2 Å². The number of aromatic nitrogens is 4. The van der Waals surface area contributed by atoms with Crippen molar-refractivity contribution in [3.63, 3.8) is 0 Å². The topological polar surface area (TPSA) is 91.2 Å². The molecule has 0 unspecified atom stereocenters. The van der Waals surface area contributed by atoms with Gasteiger partial charge >= 0.3 is 0 Å². The van der Waals surface area contributed by atoms with Crippen molar-refractivity contribution in [1.82, 2.24) is 29.7 Å². The van der Waals surface area contributed by atoms with Crippen LogP contribution in [-0.2, 0) is 5.54 Å². The second kappa shape index (κ2) is 8.78. The van der Waals surface area contributed by atoms with Crippen LogP contribution in [-0.4, -0.2) is 69.6 Å². The van der Waals surface area contributed by atoms with E-state index in [4.69, 9.17) is 4.98 Å². The number of carbonyl (C=O) groups excluding carboxylic acids is 1. The third-order valence-electron chi connectivity index (χ3n) is 8.21. The summed E-state index contributed by atoms with van der Waals surface area (Å²) in [6.45, 7) is 6.01. The number of anilines is 3. The van der Waals surface area contributed by atoms with Gasteiger partial charge in [0.2, 0.25) is 5.95 Å². The summed E-state index contributed by atoms with van der Waals surface area (Å²) in [5.74, 6) is 1.19. The molecular formula is C26H34N8O. The minimum absolute atomic E-state index is 0.0276. The smallest absolute Gasteiger partial charge is 0.268 e. The summed E-state index contributed by atoms with van der Waals surface area (Å²) < 4.78 is 2.20. The first kappa shape index (κ1) is 22.3. The highest BCUT2D eigenvalue weighted by atomic mass is 16.2. The van der Waals surface area contributed by atoms with Crippen molar-refractivity contribution < 1.29 is 4.79 Å². The molecule has 1 aliphatic carbocycles. The molecule has 2 aliphatic heterocycles. The number of carbonyl (C=O) groups is 1. The largest absolute Gasteiger partial charge is 0.367 e. The zero-order valence-corrected chi connectivity index (χ0v) is 20.6. The lowest BCUT2D eigenvalue weighted by Gasteiger charge is -2.42. The summed E-state index contributed by atoms with van der Waals surface area (Å²) >= 11 is 0. The van der Waals surface area contributed by atoms with E-state index in [1.165, 1.54) is 19.3 Å². The Morgan fingerprint density at radius 3 is 2.77 bits per heavy atom. The molecule has 1 amide bonds. The van der Waals surface area contributed by atoms with Gasteiger partial charge in [0.05, 0.1) is 17.4 Å². The average Bonchev–Trinajstić information content (AvgIpc) is 3.29. The Balaban J connectivity index is 1.26. The fourth-order valence-electron chi connectivity index (χ4n) is 6.10. The Labute approximate surface area is 205 Å². The first-order chi connectivity index (χ1) is 17.1. The van der Waals surface area contributed by atoms with Crippen LogP contribution in [0.4, 0.5) is 17.5 Å². The van der Waals surface area contributed by atoms with E-state index < -0.39 is 0 Å². The van der Waals surface area contributed by atoms with E-state index in [1.807, 2.05) is 24.5 Å². The van der Waals surface area contributed by atoms with Crippen LogP contribution in [0.2, 0.25) is 0 Å². The fraction of sp³-hybridized carbons (Fsp3) is 0.538. The Morgan fingerprint density at radius 2 is 2.00 bits per heavy atom. The number of rotatable bonds is 4. The number of nitrogens with zero attached hydrogens (tertiary/aromatic N) is 6. The minimum Gasteiger partial charge on any atom is -0.367 e. The summed E-state index contributed by atoms with van der Waals surface area (Å²) in [6.07, 6.45) is 10.6. The first-order valence-electron chi connectivity index (χ1n) is 12.9. The molecule has 1 saturated heterocycles. The van der Waals surface area contributed by atoms with E-state index in [9.17, 15) is 4.79 Å². The fourth-order valence-corrected chi connectivity index (χ4v) is 6.10. The zero-order valence-electron chi connectivity index (χ0n) is 20.6. The van der Waals surface area contributed by atoms with E-state index in [0.717, 1.165) is 55.6 Å². The third-order valence-corrected chi connectivity index (χ3v) is 8.21. The van der Waals surface area contributed by atoms with Gasteiger partial charge in [-0.25, -0.2) is 9.97 Å². The van der Waals surface area contributed by atoms with Crippen LogP contribution in [0.5, 0.6) is 0 Å². The molecule has 6 rings (SSSR count). The second-order valence-electron chi connectivity index (χ2n) is 10.3. The van der Waals surface area contributed by atoms with Gasteiger partial charge in [0.15, 0.2) is 0 Å². The lowest BCUT2D eigenvalue weighted by Crippen LogP contribution is -2.52. The standard InChI is InChI=1S/C26H34N8O/c1-3-19-16-33(12-11-32(19)2)20-7-8-22(27-15-20)30-25-28-14-18-13-21-24(35)29-17-26(9-5-4-6-10-26)34(21)23(18)31-25/h7-8,13-15,19H,3-6,9-12,16-17H2,1-2H3,(H,29,35)(H,27,28,30,31)/t19-/m0/s1. The molecule has 0 bridgehead atoms. The van der Waals surface area contributed by atoms with E-state index in [-0.39, 0.29) is 11.4 Å². The summed E-state index contributed by atoms with van der Waals surface area (Å²) in [5, 5.41) is 7.29. The van der Waals surface area contributed by atoms with Crippen LogP contribution >= 0.6 is 0 Å². The summed E-state index contributed by atoms with van der Waals surface area (Å²) in [4.78, 5) is 31.6. The van der Waals surface area contributed by atoms with E-state index in [2.05, 4.69) is 55.0 Å². The number of hydrogen-bond donors (Lipinski definition) is 2. The molecule has 0 aromatic carbocycles. The third kappa shape index (κ3) is 3.91. The predicted octanol–water partition coefficient (Wildman–Crippen LogP) is 3.50. The van der Waals surface area contributed by atoms with Crippen molar-refractivity contribution in [3.05, 3.63) is 36.3 Å². The highest BCUT2D eigenvalue weighted by molar-refractivity contribution is 5.99. The van der Waals surface area contributed by atoms with Crippen molar-refractivity contribution in [2.24, 2.45) is 0 Å². The van der Waals surface area contributed by atoms with Gasteiger partial charge in [-0.2, -0.15) is 4.98 Å². The van der Waals surface area contributed by atoms with Gasteiger partial charge in [-0.15, -0.1) is 0 Å². The Bertz CT molecular complexity index is 1230. The maximum absolute atomic E-state index is 12.7. The molecule has 1 saturated carbocycles. The van der Waals surface area contributed by atoms with Crippen LogP contribution in [0.25, 0.3) is 11.0 Å². The number of likely N-dealkylation sites (N-methyl/N-ethyl adjacent to an activating group) is 1. The lowest BCUT2D eigenvalue weighted by molar-refractivity contribution is 0.0833. The normalized spacial score (nSPS) is 22.3. The molecule has 9 nitrogen and oxygen atoms in total. The molecule has 3 aromatic heterocycles. The Hall–Kier alpha value is -3.20. The maximum Gasteiger partial charge on any atom is 0.268 e. The highest BCUT2D eigenvalue weighted by Crippen LogP contribution is 2.40. The van der Waals surface area contributed by atoms with Gasteiger partial charge < -0.3 is 20.1 Å². The molecule has 1 spiro atoms. The SMILES string of the molecule is CC[C@H]1CN(c2ccc(Nc3ncc4cc5n(c4n3)C3(CCCCC3)CNC5=O)nc2)CCN1C. The van der Waals surface area contributed by atoms with Crippen LogP contribution in [0, 0.1) is 0 Å². The van der Waals surface area contributed by atoms with Gasteiger partial charge in [0, 0.05) is 43.8 Å². The zero-order chi connectivity index (χ0) is 24.0.